The van der Waals surface area contributed by atoms with E-state index in [4.69, 9.17) is 4.74 Å². The number of nitrogens with one attached hydrogen (secondary N) is 2. The number of hydrogen-bond donors (Lipinski definition) is 2. The van der Waals surface area contributed by atoms with Crippen molar-refractivity contribution in [1.29, 1.82) is 0 Å². The molecule has 2 fully saturated rings. The number of urea groups is 1. The van der Waals surface area contributed by atoms with Crippen LogP contribution in [0.3, 0.4) is 0 Å². The molecule has 2 heterocycles. The number of imide groups is 1. The minimum absolute atomic E-state index is 0.0241. The van der Waals surface area contributed by atoms with Gasteiger partial charge < -0.3 is 20.3 Å². The predicted molar refractivity (Wildman–Crippen MR) is 128 cm³/mol. The number of amides is 5. The normalized spacial score (nSPS) is 24.2. The van der Waals surface area contributed by atoms with Gasteiger partial charge in [-0.05, 0) is 54.7 Å². The van der Waals surface area contributed by atoms with Gasteiger partial charge in [-0.15, -0.1) is 0 Å². The zero-order valence-corrected chi connectivity index (χ0v) is 20.7. The highest BCUT2D eigenvalue weighted by atomic mass is 19.4. The van der Waals surface area contributed by atoms with Gasteiger partial charge in [-0.2, -0.15) is 13.2 Å². The molecule has 0 radical (unpaired) electrons. The third-order valence-corrected chi connectivity index (χ3v) is 7.44. The second-order valence-corrected chi connectivity index (χ2v) is 9.67. The number of alkyl halides is 3. The zero-order valence-electron chi connectivity index (χ0n) is 20.7. The average Bonchev–Trinajstić information content (AvgIpc) is 3.56. The number of hydrogen-bond acceptors (Lipinski definition) is 5. The van der Waals surface area contributed by atoms with Crippen molar-refractivity contribution in [2.75, 3.05) is 18.9 Å². The molecule has 39 heavy (non-hydrogen) atoms. The third kappa shape index (κ3) is 4.55. The molecule has 3 atom stereocenters. The molecule has 2 aromatic rings. The summed E-state index contributed by atoms with van der Waals surface area (Å²) in [6.45, 7) is -0.935. The third-order valence-electron chi connectivity index (χ3n) is 7.44. The molecule has 3 aliphatic rings. The fourth-order valence-corrected chi connectivity index (χ4v) is 5.63. The second kappa shape index (κ2) is 9.54. The molecule has 2 N–H and O–H groups in total. The Hall–Kier alpha value is -4.16. The van der Waals surface area contributed by atoms with Crippen LogP contribution in [0.1, 0.15) is 42.0 Å². The Kier molecular flexibility index (Phi) is 6.47. The monoisotopic (exact) mass is 548 g/mol. The smallest absolute Gasteiger partial charge is 0.418 e. The van der Waals surface area contributed by atoms with Gasteiger partial charge in [0.1, 0.15) is 18.4 Å². The first-order chi connectivity index (χ1) is 18.4. The van der Waals surface area contributed by atoms with Gasteiger partial charge in [0.2, 0.25) is 11.5 Å². The lowest BCUT2D eigenvalue weighted by molar-refractivity contribution is -0.186. The van der Waals surface area contributed by atoms with Gasteiger partial charge in [-0.1, -0.05) is 18.2 Å². The van der Waals surface area contributed by atoms with Crippen molar-refractivity contribution < 1.29 is 41.5 Å². The van der Waals surface area contributed by atoms with E-state index in [0.29, 0.717) is 38.6 Å². The Bertz CT molecular complexity index is 1350. The van der Waals surface area contributed by atoms with E-state index >= 15 is 0 Å². The van der Waals surface area contributed by atoms with Gasteiger partial charge >= 0.3 is 18.3 Å². The SMILES string of the molecule is CNC(=O)Nc1ccc2c(c1)CC[C@@]21OC(=O)N(CC(=O)N2[C@H](C(F)(F)F)CC[C@H]2c2ccc(F)cc2)C1=O. The number of ether oxygens (including phenoxy) is 1. The van der Waals surface area contributed by atoms with Gasteiger partial charge in [-0.25, -0.2) is 18.9 Å². The summed E-state index contributed by atoms with van der Waals surface area (Å²) in [4.78, 5) is 52.4. The van der Waals surface area contributed by atoms with E-state index in [1.807, 2.05) is 0 Å². The molecule has 1 spiro atoms. The first-order valence-electron chi connectivity index (χ1n) is 12.2. The van der Waals surface area contributed by atoms with Crippen LogP contribution in [0, 0.1) is 5.82 Å². The molecule has 1 aliphatic carbocycles. The van der Waals surface area contributed by atoms with E-state index in [-0.39, 0.29) is 19.3 Å². The van der Waals surface area contributed by atoms with E-state index in [2.05, 4.69) is 10.6 Å². The van der Waals surface area contributed by atoms with E-state index in [9.17, 15) is 36.7 Å². The van der Waals surface area contributed by atoms with Gasteiger partial charge in [0, 0.05) is 24.7 Å². The summed E-state index contributed by atoms with van der Waals surface area (Å²) in [6, 6.07) is 5.93. The Morgan fingerprint density at radius 1 is 1.10 bits per heavy atom. The van der Waals surface area contributed by atoms with Crippen LogP contribution < -0.4 is 10.6 Å². The molecular weight excluding hydrogens is 524 g/mol. The number of carbonyl (C=O) groups is 4. The molecular formula is C26H24F4N4O5. The molecule has 0 saturated carbocycles. The highest BCUT2D eigenvalue weighted by Crippen LogP contribution is 2.47. The number of rotatable bonds is 4. The van der Waals surface area contributed by atoms with Gasteiger partial charge in [0.25, 0.3) is 5.91 Å². The fourth-order valence-electron chi connectivity index (χ4n) is 5.63. The highest BCUT2D eigenvalue weighted by molar-refractivity contribution is 6.06. The van der Waals surface area contributed by atoms with Gasteiger partial charge in [0.05, 0.1) is 6.04 Å². The Morgan fingerprint density at radius 2 is 1.82 bits per heavy atom. The summed E-state index contributed by atoms with van der Waals surface area (Å²) in [5.74, 6) is -2.49. The van der Waals surface area contributed by atoms with Crippen molar-refractivity contribution in [2.45, 2.75) is 49.5 Å². The molecule has 2 aromatic carbocycles. The highest BCUT2D eigenvalue weighted by Gasteiger charge is 2.59. The maximum absolute atomic E-state index is 13.9. The number of halogens is 4. The maximum Gasteiger partial charge on any atom is 0.418 e. The van der Waals surface area contributed by atoms with Crippen LogP contribution in [0.5, 0.6) is 0 Å². The topological polar surface area (TPSA) is 108 Å². The van der Waals surface area contributed by atoms with Crippen LogP contribution in [0.2, 0.25) is 0 Å². The number of anilines is 1. The molecule has 5 rings (SSSR count). The fraction of sp³-hybridized carbons (Fsp3) is 0.385. The van der Waals surface area contributed by atoms with E-state index in [0.717, 1.165) is 12.1 Å². The molecule has 2 aliphatic heterocycles. The molecule has 0 unspecified atom stereocenters. The minimum Gasteiger partial charge on any atom is -0.427 e. The van der Waals surface area contributed by atoms with Crippen molar-refractivity contribution in [3.05, 3.63) is 65.0 Å². The first-order valence-corrected chi connectivity index (χ1v) is 12.2. The molecule has 0 bridgehead atoms. The average molecular weight is 548 g/mol. The summed E-state index contributed by atoms with van der Waals surface area (Å²) in [6.07, 6.45) is -5.87. The van der Waals surface area contributed by atoms with Crippen LogP contribution in [0.4, 0.5) is 32.8 Å². The van der Waals surface area contributed by atoms with Crippen LogP contribution in [0.15, 0.2) is 42.5 Å². The number of likely N-dealkylation sites (tertiary alicyclic amines) is 1. The Morgan fingerprint density at radius 3 is 2.49 bits per heavy atom. The molecule has 9 nitrogen and oxygen atoms in total. The van der Waals surface area contributed by atoms with Crippen LogP contribution in [-0.4, -0.2) is 59.5 Å². The number of benzene rings is 2. The number of nitrogens with zero attached hydrogens (tertiary/aromatic N) is 2. The lowest BCUT2D eigenvalue weighted by Gasteiger charge is -2.32. The number of fused-ring (bicyclic) bond motifs is 2. The lowest BCUT2D eigenvalue weighted by atomic mass is 9.94. The Labute approximate surface area is 220 Å². The summed E-state index contributed by atoms with van der Waals surface area (Å²) in [5, 5.41) is 5.02. The molecule has 2 saturated heterocycles. The number of aryl methyl sites for hydroxylation is 1. The summed E-state index contributed by atoms with van der Waals surface area (Å²) in [7, 11) is 1.45. The largest absolute Gasteiger partial charge is 0.427 e. The second-order valence-electron chi connectivity index (χ2n) is 9.67. The molecule has 0 aromatic heterocycles. The van der Waals surface area contributed by atoms with E-state index in [1.165, 1.54) is 31.3 Å². The van der Waals surface area contributed by atoms with E-state index in [1.54, 1.807) is 6.07 Å². The van der Waals surface area contributed by atoms with Gasteiger partial charge in [-0.3, -0.25) is 9.59 Å². The van der Waals surface area contributed by atoms with Gasteiger partial charge in [0.15, 0.2) is 0 Å². The minimum atomic E-state index is -4.74. The van der Waals surface area contributed by atoms with Crippen molar-refractivity contribution in [1.82, 2.24) is 15.1 Å². The van der Waals surface area contributed by atoms with Crippen LogP contribution >= 0.6 is 0 Å². The van der Waals surface area contributed by atoms with Crippen molar-refractivity contribution in [3.8, 4) is 0 Å². The number of carbonyl (C=O) groups excluding carboxylic acids is 4. The zero-order chi connectivity index (χ0) is 28.1. The lowest BCUT2D eigenvalue weighted by Crippen LogP contribution is -2.50. The quantitative estimate of drug-likeness (QED) is 0.562. The van der Waals surface area contributed by atoms with Crippen molar-refractivity contribution >= 4 is 29.6 Å². The Balaban J connectivity index is 1.39. The standard InChI is InChI=1S/C26H24F4N4O5/c1-31-23(37)32-17-6-7-18-15(12-17)10-11-25(18)22(36)33(24(38)39-25)13-21(35)34-19(8-9-20(34)26(28,29)30)14-2-4-16(27)5-3-14/h2-7,12,19-20H,8-11,13H2,1H3,(H2,31,32,37)/t19-,20-,25+/m0/s1. The van der Waals surface area contributed by atoms with Crippen LogP contribution in [0.25, 0.3) is 0 Å². The first kappa shape index (κ1) is 26.4. The predicted octanol–water partition coefficient (Wildman–Crippen LogP) is 3.99. The van der Waals surface area contributed by atoms with Crippen molar-refractivity contribution in [2.24, 2.45) is 0 Å². The summed E-state index contributed by atoms with van der Waals surface area (Å²) in [5.41, 5.74) is 0.0912. The summed E-state index contributed by atoms with van der Waals surface area (Å²) < 4.78 is 60.5. The van der Waals surface area contributed by atoms with Crippen molar-refractivity contribution in [3.63, 3.8) is 0 Å². The maximum atomic E-state index is 13.9. The van der Waals surface area contributed by atoms with E-state index < -0.39 is 60.2 Å². The molecule has 5 amide bonds. The molecule has 13 heteroatoms. The van der Waals surface area contributed by atoms with Crippen LogP contribution in [-0.2, 0) is 26.3 Å². The molecule has 206 valence electrons. The summed E-state index contributed by atoms with van der Waals surface area (Å²) >= 11 is 0.